The van der Waals surface area contributed by atoms with Crippen LogP contribution in [0, 0.1) is 0 Å². The number of H-pyrrole nitrogens is 2. The molecule has 0 bridgehead atoms. The van der Waals surface area contributed by atoms with Crippen LogP contribution in [0.4, 0.5) is 0 Å². The van der Waals surface area contributed by atoms with Gasteiger partial charge in [-0.25, -0.2) is 0 Å². The zero-order valence-corrected chi connectivity index (χ0v) is 31.1. The molecule has 0 atom stereocenters. The molecular formula is C50H31N3S2. The van der Waals surface area contributed by atoms with Crippen molar-refractivity contribution in [1.29, 1.82) is 0 Å². The fraction of sp³-hybridized carbons (Fsp3) is 0. The lowest BCUT2D eigenvalue weighted by molar-refractivity contribution is 1.18. The highest BCUT2D eigenvalue weighted by Crippen LogP contribution is 2.43. The summed E-state index contributed by atoms with van der Waals surface area (Å²) in [5.74, 6) is 0. The van der Waals surface area contributed by atoms with E-state index in [0.717, 1.165) is 0 Å². The molecule has 2 N–H and O–H groups in total. The summed E-state index contributed by atoms with van der Waals surface area (Å²) in [6.45, 7) is 0. The molecule has 55 heavy (non-hydrogen) atoms. The second-order valence-electron chi connectivity index (χ2n) is 14.3. The molecular weight excluding hydrogens is 707 g/mol. The van der Waals surface area contributed by atoms with E-state index in [9.17, 15) is 0 Å². The molecule has 12 rings (SSSR count). The van der Waals surface area contributed by atoms with Crippen molar-refractivity contribution in [2.45, 2.75) is 0 Å². The van der Waals surface area contributed by atoms with Gasteiger partial charge in [0.1, 0.15) is 0 Å². The van der Waals surface area contributed by atoms with Gasteiger partial charge < -0.3 is 14.5 Å². The molecule has 0 unspecified atom stereocenters. The number of nitrogens with zero attached hydrogens (tertiary/aromatic N) is 1. The van der Waals surface area contributed by atoms with Gasteiger partial charge in [-0.1, -0.05) is 78.9 Å². The molecule has 3 nitrogen and oxygen atoms in total. The number of rotatable bonds is 5. The molecule has 0 aliphatic rings. The van der Waals surface area contributed by atoms with E-state index >= 15 is 0 Å². The number of thiophene rings is 2. The smallest absolute Gasteiger partial charge is 0.0541 e. The van der Waals surface area contributed by atoms with Crippen LogP contribution in [0.2, 0.25) is 0 Å². The Labute approximate surface area is 324 Å². The van der Waals surface area contributed by atoms with Crippen molar-refractivity contribution in [3.05, 3.63) is 176 Å². The van der Waals surface area contributed by atoms with Gasteiger partial charge in [-0.15, -0.1) is 22.7 Å². The van der Waals surface area contributed by atoms with E-state index in [0.29, 0.717) is 0 Å². The van der Waals surface area contributed by atoms with Crippen molar-refractivity contribution in [3.63, 3.8) is 0 Å². The molecule has 0 spiro atoms. The van der Waals surface area contributed by atoms with Gasteiger partial charge >= 0.3 is 0 Å². The topological polar surface area (TPSA) is 36.5 Å². The number of fused-ring (bicyclic) bond motifs is 9. The van der Waals surface area contributed by atoms with E-state index in [2.05, 4.69) is 190 Å². The van der Waals surface area contributed by atoms with Gasteiger partial charge in [0.2, 0.25) is 0 Å². The number of nitrogens with one attached hydrogen (secondary N) is 2. The van der Waals surface area contributed by atoms with E-state index in [4.69, 9.17) is 0 Å². The zero-order chi connectivity index (χ0) is 36.0. The van der Waals surface area contributed by atoms with Crippen LogP contribution in [0.5, 0.6) is 0 Å². The fourth-order valence-corrected chi connectivity index (χ4v) is 10.5. The second kappa shape index (κ2) is 11.9. The largest absolute Gasteiger partial charge is 0.355 e. The molecule has 258 valence electrons. The minimum atomic E-state index is 1.17. The zero-order valence-electron chi connectivity index (χ0n) is 29.5. The summed E-state index contributed by atoms with van der Waals surface area (Å²) in [5, 5.41) is 7.58. The third-order valence-corrected chi connectivity index (χ3v) is 13.5. The van der Waals surface area contributed by atoms with Gasteiger partial charge in [-0.2, -0.15) is 0 Å². The standard InChI is InChI=1S/C50H31N3S2/c1-2-8-34(9-3-1)53-45-20-16-32(49-24-22-47(54-49)30-14-18-43-37(26-30)35-10-4-6-12-41(35)51-43)28-39(45)40-29-33(17-21-46(40)53)50-25-23-48(55-50)31-15-19-44-38(27-31)36-11-5-7-13-42(36)52-44/h1-29,51-52H. The van der Waals surface area contributed by atoms with Crippen molar-refractivity contribution in [1.82, 2.24) is 14.5 Å². The Morgan fingerprint density at radius 1 is 0.309 bits per heavy atom. The van der Waals surface area contributed by atoms with Gasteiger partial charge in [0.25, 0.3) is 0 Å². The van der Waals surface area contributed by atoms with Crippen LogP contribution in [-0.4, -0.2) is 14.5 Å². The second-order valence-corrected chi connectivity index (χ2v) is 16.5. The molecule has 0 aliphatic heterocycles. The normalized spacial score (nSPS) is 12.0. The van der Waals surface area contributed by atoms with Crippen molar-refractivity contribution in [3.8, 4) is 47.4 Å². The van der Waals surface area contributed by atoms with Crippen molar-refractivity contribution < 1.29 is 0 Å². The average Bonchev–Trinajstić information content (AvgIpc) is 4.09. The van der Waals surface area contributed by atoms with Crippen molar-refractivity contribution in [2.24, 2.45) is 0 Å². The summed E-state index contributed by atoms with van der Waals surface area (Å²) in [5.41, 5.74) is 13.3. The van der Waals surface area contributed by atoms with E-state index in [1.807, 2.05) is 22.7 Å². The molecule has 0 aliphatic carbocycles. The van der Waals surface area contributed by atoms with Gasteiger partial charge in [-0.3, -0.25) is 0 Å². The first-order valence-corrected chi connectivity index (χ1v) is 20.2. The highest BCUT2D eigenvalue weighted by atomic mass is 32.1. The van der Waals surface area contributed by atoms with Crippen LogP contribution in [-0.2, 0) is 0 Å². The summed E-state index contributed by atoms with van der Waals surface area (Å²) in [4.78, 5) is 12.2. The minimum Gasteiger partial charge on any atom is -0.355 e. The van der Waals surface area contributed by atoms with E-state index in [-0.39, 0.29) is 0 Å². The SMILES string of the molecule is c1ccc(-n2c3ccc(-c4ccc(-c5ccc6[nH]c7ccccc7c6c5)s4)cc3c3cc(-c4ccc(-c5ccc6[nH]c7ccccc7c6c5)s4)ccc32)cc1. The molecule has 5 heteroatoms. The molecule has 7 aromatic carbocycles. The van der Waals surface area contributed by atoms with Crippen LogP contribution in [0.25, 0.3) is 113 Å². The monoisotopic (exact) mass is 737 g/mol. The highest BCUT2D eigenvalue weighted by molar-refractivity contribution is 7.19. The summed E-state index contributed by atoms with van der Waals surface area (Å²) in [7, 11) is 0. The minimum absolute atomic E-state index is 1.17. The Morgan fingerprint density at radius 2 is 0.691 bits per heavy atom. The van der Waals surface area contributed by atoms with Crippen LogP contribution in [0.15, 0.2) is 176 Å². The predicted molar refractivity (Wildman–Crippen MR) is 237 cm³/mol. The maximum Gasteiger partial charge on any atom is 0.0541 e. The summed E-state index contributed by atoms with van der Waals surface area (Å²) < 4.78 is 2.41. The van der Waals surface area contributed by atoms with Crippen LogP contribution in [0.1, 0.15) is 0 Å². The van der Waals surface area contributed by atoms with Crippen LogP contribution < -0.4 is 0 Å². The number of hydrogen-bond acceptors (Lipinski definition) is 2. The molecule has 0 radical (unpaired) electrons. The van der Waals surface area contributed by atoms with Crippen LogP contribution >= 0.6 is 22.7 Å². The Bertz CT molecular complexity index is 3230. The Kier molecular flexibility index (Phi) is 6.67. The van der Waals surface area contributed by atoms with E-state index < -0.39 is 0 Å². The van der Waals surface area contributed by atoms with Gasteiger partial charge in [0, 0.05) is 79.6 Å². The van der Waals surface area contributed by atoms with Gasteiger partial charge in [0.05, 0.1) is 11.0 Å². The first-order chi connectivity index (χ1) is 27.2. The van der Waals surface area contributed by atoms with Gasteiger partial charge in [0.15, 0.2) is 0 Å². The van der Waals surface area contributed by atoms with Crippen LogP contribution in [0.3, 0.4) is 0 Å². The third-order valence-electron chi connectivity index (χ3n) is 11.1. The Morgan fingerprint density at radius 3 is 1.16 bits per heavy atom. The lowest BCUT2D eigenvalue weighted by Crippen LogP contribution is -1.92. The number of aromatic nitrogens is 3. The molecule has 5 heterocycles. The number of para-hydroxylation sites is 3. The quantitative estimate of drug-likeness (QED) is 0.176. The van der Waals surface area contributed by atoms with Crippen molar-refractivity contribution >= 4 is 88.1 Å². The molecule has 5 aromatic heterocycles. The number of benzene rings is 7. The average molecular weight is 738 g/mol. The molecule has 12 aromatic rings. The molecule has 0 fully saturated rings. The molecule has 0 saturated carbocycles. The van der Waals surface area contributed by atoms with Gasteiger partial charge in [-0.05, 0) is 119 Å². The lowest BCUT2D eigenvalue weighted by atomic mass is 10.1. The highest BCUT2D eigenvalue weighted by Gasteiger charge is 2.17. The van der Waals surface area contributed by atoms with E-state index in [1.165, 1.54) is 113 Å². The maximum atomic E-state index is 3.57. The van der Waals surface area contributed by atoms with Crippen molar-refractivity contribution in [2.75, 3.05) is 0 Å². The number of hydrogen-bond donors (Lipinski definition) is 2. The first kappa shape index (κ1) is 30.8. The summed E-state index contributed by atoms with van der Waals surface area (Å²) in [6.07, 6.45) is 0. The predicted octanol–water partition coefficient (Wildman–Crippen LogP) is 14.8. The maximum absolute atomic E-state index is 3.57. The summed E-state index contributed by atoms with van der Waals surface area (Å²) >= 11 is 3.72. The first-order valence-electron chi connectivity index (χ1n) is 18.6. The Balaban J connectivity index is 0.959. The van der Waals surface area contributed by atoms with E-state index in [1.54, 1.807) is 0 Å². The summed E-state index contributed by atoms with van der Waals surface area (Å²) in [6, 6.07) is 64.5. The third kappa shape index (κ3) is 4.87. The Hall–Kier alpha value is -6.66. The fourth-order valence-electron chi connectivity index (χ4n) is 8.48. The number of aromatic amines is 2. The molecule has 0 saturated heterocycles. The lowest BCUT2D eigenvalue weighted by Gasteiger charge is -2.08. The molecule has 0 amide bonds.